The Hall–Kier alpha value is -2.70. The van der Waals surface area contributed by atoms with Gasteiger partial charge in [0.1, 0.15) is 5.01 Å². The molecular weight excluding hydrogens is 422 g/mol. The molecule has 0 radical (unpaired) electrons. The van der Waals surface area contributed by atoms with Gasteiger partial charge in [-0.2, -0.15) is 0 Å². The third kappa shape index (κ3) is 4.35. The molecule has 0 unspecified atom stereocenters. The van der Waals surface area contributed by atoms with Gasteiger partial charge in [-0.1, -0.05) is 28.1 Å². The second-order valence-corrected chi connectivity index (χ2v) is 7.92. The standard InChI is InChI=1S/C21H16BrN3OS/c22-15-7-11-16(12-8-15)23-13-20(26)24-17-9-5-14(6-10-17)21-25-18-3-1-2-4-19(18)27-21/h1-12,23H,13H2,(H,24,26). The highest BCUT2D eigenvalue weighted by atomic mass is 79.9. The molecule has 4 nitrogen and oxygen atoms in total. The summed E-state index contributed by atoms with van der Waals surface area (Å²) in [6.45, 7) is 0.210. The predicted octanol–water partition coefficient (Wildman–Crippen LogP) is 5.78. The molecule has 0 fully saturated rings. The normalized spacial score (nSPS) is 10.7. The van der Waals surface area contributed by atoms with Gasteiger partial charge in [-0.05, 0) is 60.7 Å². The van der Waals surface area contributed by atoms with E-state index >= 15 is 0 Å². The highest BCUT2D eigenvalue weighted by Crippen LogP contribution is 2.30. The van der Waals surface area contributed by atoms with E-state index in [-0.39, 0.29) is 12.5 Å². The molecule has 6 heteroatoms. The van der Waals surface area contributed by atoms with Gasteiger partial charge in [0.25, 0.3) is 0 Å². The lowest BCUT2D eigenvalue weighted by atomic mass is 10.2. The van der Waals surface area contributed by atoms with Gasteiger partial charge in [-0.25, -0.2) is 4.98 Å². The molecule has 1 aromatic heterocycles. The summed E-state index contributed by atoms with van der Waals surface area (Å²) in [5.74, 6) is -0.0920. The Labute approximate surface area is 169 Å². The van der Waals surface area contributed by atoms with Gasteiger partial charge in [0.15, 0.2) is 0 Å². The lowest BCUT2D eigenvalue weighted by Gasteiger charge is -2.08. The number of amides is 1. The highest BCUT2D eigenvalue weighted by molar-refractivity contribution is 9.10. The van der Waals surface area contributed by atoms with Crippen molar-refractivity contribution in [2.24, 2.45) is 0 Å². The third-order valence-corrected chi connectivity index (χ3v) is 5.62. The molecule has 4 aromatic rings. The number of thiazole rings is 1. The number of rotatable bonds is 5. The monoisotopic (exact) mass is 437 g/mol. The number of hydrogen-bond acceptors (Lipinski definition) is 4. The van der Waals surface area contributed by atoms with E-state index in [9.17, 15) is 4.79 Å². The molecular formula is C21H16BrN3OS. The molecule has 0 saturated carbocycles. The van der Waals surface area contributed by atoms with Crippen molar-refractivity contribution in [3.05, 3.63) is 77.3 Å². The van der Waals surface area contributed by atoms with E-state index in [2.05, 4.69) is 37.6 Å². The smallest absolute Gasteiger partial charge is 0.243 e. The van der Waals surface area contributed by atoms with E-state index in [1.54, 1.807) is 11.3 Å². The molecule has 0 aliphatic carbocycles. The van der Waals surface area contributed by atoms with Crippen molar-refractivity contribution in [1.29, 1.82) is 0 Å². The van der Waals surface area contributed by atoms with Crippen molar-refractivity contribution >= 4 is 54.8 Å². The van der Waals surface area contributed by atoms with Crippen LogP contribution >= 0.6 is 27.3 Å². The number of hydrogen-bond donors (Lipinski definition) is 2. The number of benzene rings is 3. The Kier molecular flexibility index (Phi) is 5.18. The zero-order chi connectivity index (χ0) is 18.6. The number of nitrogens with one attached hydrogen (secondary N) is 2. The largest absolute Gasteiger partial charge is 0.376 e. The topological polar surface area (TPSA) is 54.0 Å². The minimum Gasteiger partial charge on any atom is -0.376 e. The van der Waals surface area contributed by atoms with Crippen LogP contribution in [0.3, 0.4) is 0 Å². The third-order valence-electron chi connectivity index (χ3n) is 4.01. The van der Waals surface area contributed by atoms with Crippen LogP contribution in [0.4, 0.5) is 11.4 Å². The molecule has 134 valence electrons. The van der Waals surface area contributed by atoms with Gasteiger partial charge in [0.2, 0.25) is 5.91 Å². The Morgan fingerprint density at radius 2 is 1.63 bits per heavy atom. The Bertz CT molecular complexity index is 1040. The van der Waals surface area contributed by atoms with Crippen molar-refractivity contribution in [2.75, 3.05) is 17.2 Å². The van der Waals surface area contributed by atoms with Crippen LogP contribution in [0.5, 0.6) is 0 Å². The predicted molar refractivity (Wildman–Crippen MR) is 116 cm³/mol. The maximum absolute atomic E-state index is 12.1. The van der Waals surface area contributed by atoms with Crippen LogP contribution in [0.15, 0.2) is 77.3 Å². The number of anilines is 2. The van der Waals surface area contributed by atoms with Gasteiger partial charge >= 0.3 is 0 Å². The van der Waals surface area contributed by atoms with E-state index in [0.29, 0.717) is 0 Å². The van der Waals surface area contributed by atoms with Gasteiger partial charge in [-0.15, -0.1) is 11.3 Å². The van der Waals surface area contributed by atoms with Crippen molar-refractivity contribution < 1.29 is 4.79 Å². The fourth-order valence-corrected chi connectivity index (χ4v) is 3.88. The van der Waals surface area contributed by atoms with Crippen molar-refractivity contribution in [2.45, 2.75) is 0 Å². The minimum absolute atomic E-state index is 0.0920. The summed E-state index contributed by atoms with van der Waals surface area (Å²) in [4.78, 5) is 16.8. The van der Waals surface area contributed by atoms with E-state index in [1.807, 2.05) is 66.7 Å². The fraction of sp³-hybridized carbons (Fsp3) is 0.0476. The van der Waals surface area contributed by atoms with Crippen LogP contribution in [-0.2, 0) is 4.79 Å². The molecule has 0 bridgehead atoms. The van der Waals surface area contributed by atoms with Crippen molar-refractivity contribution in [1.82, 2.24) is 4.98 Å². The summed E-state index contributed by atoms with van der Waals surface area (Å²) in [6.07, 6.45) is 0. The van der Waals surface area contributed by atoms with Crippen LogP contribution in [0.1, 0.15) is 0 Å². The van der Waals surface area contributed by atoms with Gasteiger partial charge in [0, 0.05) is 21.4 Å². The molecule has 0 saturated heterocycles. The molecule has 1 amide bonds. The summed E-state index contributed by atoms with van der Waals surface area (Å²) < 4.78 is 2.18. The molecule has 1 heterocycles. The number of halogens is 1. The number of fused-ring (bicyclic) bond motifs is 1. The maximum Gasteiger partial charge on any atom is 0.243 e. The molecule has 4 rings (SSSR count). The SMILES string of the molecule is O=C(CNc1ccc(Br)cc1)Nc1ccc(-c2nc3ccccc3s2)cc1. The first-order valence-electron chi connectivity index (χ1n) is 8.43. The Morgan fingerprint density at radius 3 is 2.37 bits per heavy atom. The van der Waals surface area contributed by atoms with Gasteiger partial charge < -0.3 is 10.6 Å². The van der Waals surface area contributed by atoms with Crippen molar-refractivity contribution in [3.8, 4) is 10.6 Å². The highest BCUT2D eigenvalue weighted by Gasteiger charge is 2.07. The first-order valence-corrected chi connectivity index (χ1v) is 10.0. The number of nitrogens with zero attached hydrogens (tertiary/aromatic N) is 1. The second kappa shape index (κ2) is 7.90. The summed E-state index contributed by atoms with van der Waals surface area (Å²) >= 11 is 5.06. The average Bonchev–Trinajstić information content (AvgIpc) is 3.12. The average molecular weight is 438 g/mol. The van der Waals surface area contributed by atoms with E-state index < -0.39 is 0 Å². The lowest BCUT2D eigenvalue weighted by molar-refractivity contribution is -0.114. The summed E-state index contributed by atoms with van der Waals surface area (Å²) in [6, 6.07) is 23.6. The summed E-state index contributed by atoms with van der Waals surface area (Å²) in [5, 5.41) is 6.98. The Morgan fingerprint density at radius 1 is 0.926 bits per heavy atom. The van der Waals surface area contributed by atoms with Gasteiger partial charge in [-0.3, -0.25) is 4.79 Å². The van der Waals surface area contributed by atoms with Crippen LogP contribution in [-0.4, -0.2) is 17.4 Å². The number of carbonyl (C=O) groups excluding carboxylic acids is 1. The summed E-state index contributed by atoms with van der Waals surface area (Å²) in [5.41, 5.74) is 3.72. The first-order chi connectivity index (χ1) is 13.2. The quantitative estimate of drug-likeness (QED) is 0.416. The Balaban J connectivity index is 1.38. The van der Waals surface area contributed by atoms with Crippen LogP contribution < -0.4 is 10.6 Å². The molecule has 0 spiro atoms. The van der Waals surface area contributed by atoms with Crippen molar-refractivity contribution in [3.63, 3.8) is 0 Å². The maximum atomic E-state index is 12.1. The zero-order valence-electron chi connectivity index (χ0n) is 14.3. The van der Waals surface area contributed by atoms with Crippen LogP contribution in [0.25, 0.3) is 20.8 Å². The molecule has 3 aromatic carbocycles. The molecule has 0 aliphatic rings. The second-order valence-electron chi connectivity index (χ2n) is 5.97. The number of para-hydroxylation sites is 1. The zero-order valence-corrected chi connectivity index (χ0v) is 16.7. The summed E-state index contributed by atoms with van der Waals surface area (Å²) in [7, 11) is 0. The lowest BCUT2D eigenvalue weighted by Crippen LogP contribution is -2.21. The number of carbonyl (C=O) groups is 1. The fourth-order valence-electron chi connectivity index (χ4n) is 2.65. The van der Waals surface area contributed by atoms with Crippen LogP contribution in [0.2, 0.25) is 0 Å². The minimum atomic E-state index is -0.0920. The van der Waals surface area contributed by atoms with E-state index in [1.165, 1.54) is 4.70 Å². The van der Waals surface area contributed by atoms with E-state index in [0.717, 1.165) is 31.9 Å². The first kappa shape index (κ1) is 17.7. The van der Waals surface area contributed by atoms with E-state index in [4.69, 9.17) is 0 Å². The van der Waals surface area contributed by atoms with Gasteiger partial charge in [0.05, 0.1) is 16.8 Å². The van der Waals surface area contributed by atoms with Crippen LogP contribution in [0, 0.1) is 0 Å². The molecule has 2 N–H and O–H groups in total. The molecule has 0 aliphatic heterocycles. The number of aromatic nitrogens is 1. The molecule has 27 heavy (non-hydrogen) atoms. The molecule has 0 atom stereocenters.